The Morgan fingerprint density at radius 1 is 0.800 bits per heavy atom. The number of rotatable bonds is 6. The van der Waals surface area contributed by atoms with Gasteiger partial charge >= 0.3 is 11.4 Å². The predicted octanol–water partition coefficient (Wildman–Crippen LogP) is 3.76. The third kappa shape index (κ3) is 4.59. The molecule has 0 radical (unpaired) electrons. The third-order valence-electron chi connectivity index (χ3n) is 4.99. The van der Waals surface area contributed by atoms with Crippen LogP contribution in [-0.4, -0.2) is 44.6 Å². The van der Waals surface area contributed by atoms with E-state index < -0.39 is 32.7 Å². The van der Waals surface area contributed by atoms with E-state index in [4.69, 9.17) is 0 Å². The summed E-state index contributed by atoms with van der Waals surface area (Å²) in [5.41, 5.74) is -0.292. The van der Waals surface area contributed by atoms with Crippen molar-refractivity contribution in [3.05, 3.63) is 67.8 Å². The van der Waals surface area contributed by atoms with E-state index in [1.807, 2.05) is 0 Å². The Hall–Kier alpha value is -3.82. The first-order chi connectivity index (χ1) is 14.4. The van der Waals surface area contributed by atoms with Crippen molar-refractivity contribution in [1.29, 1.82) is 0 Å². The summed E-state index contributed by atoms with van der Waals surface area (Å²) in [5.74, 6) is -0.882. The highest BCUT2D eigenvalue weighted by atomic mass is 16.6. The second-order valence-corrected chi connectivity index (χ2v) is 6.92. The summed E-state index contributed by atoms with van der Waals surface area (Å²) >= 11 is 0. The smallest absolute Gasteiger partial charge is 0.311 e. The average Bonchev–Trinajstić information content (AvgIpc) is 2.72. The number of aromatic hydroxyl groups is 2. The Labute approximate surface area is 171 Å². The van der Waals surface area contributed by atoms with Gasteiger partial charge in [-0.15, -0.1) is 0 Å². The zero-order chi connectivity index (χ0) is 21.7. The molecule has 10 heteroatoms. The minimum atomic E-state index is -0.661. The molecule has 0 unspecified atom stereocenters. The van der Waals surface area contributed by atoms with Crippen LogP contribution in [-0.2, 0) is 0 Å². The highest BCUT2D eigenvalue weighted by Gasteiger charge is 2.24. The van der Waals surface area contributed by atoms with E-state index in [1.54, 1.807) is 0 Å². The quantitative estimate of drug-likeness (QED) is 0.419. The van der Waals surface area contributed by atoms with Gasteiger partial charge in [-0.3, -0.25) is 30.2 Å². The highest BCUT2D eigenvalue weighted by molar-refractivity contribution is 5.86. The molecule has 2 N–H and O–H groups in total. The van der Waals surface area contributed by atoms with Crippen molar-refractivity contribution in [3.8, 4) is 11.5 Å². The highest BCUT2D eigenvalue weighted by Crippen LogP contribution is 2.30. The summed E-state index contributed by atoms with van der Waals surface area (Å²) in [7, 11) is 0. The van der Waals surface area contributed by atoms with Gasteiger partial charge in [0.2, 0.25) is 11.5 Å². The lowest BCUT2D eigenvalue weighted by Crippen LogP contribution is -2.27. The van der Waals surface area contributed by atoms with E-state index in [9.17, 15) is 30.4 Å². The Morgan fingerprint density at radius 2 is 1.20 bits per heavy atom. The lowest BCUT2D eigenvalue weighted by Gasteiger charge is -2.25. The molecule has 156 valence electrons. The molecular formula is C20H20N4O6. The average molecular weight is 412 g/mol. The first-order valence-electron chi connectivity index (χ1n) is 9.37. The third-order valence-corrected chi connectivity index (χ3v) is 4.99. The van der Waals surface area contributed by atoms with Crippen molar-refractivity contribution >= 4 is 23.8 Å². The number of hydrogen-bond donors (Lipinski definition) is 2. The largest absolute Gasteiger partial charge is 0.502 e. The van der Waals surface area contributed by atoms with Crippen LogP contribution in [0.5, 0.6) is 11.5 Å². The van der Waals surface area contributed by atoms with Crippen molar-refractivity contribution in [1.82, 2.24) is 0 Å². The SMILES string of the molecule is O=[N+]([O-])c1cccc(C=N[C@H]2CCCC[C@@H]2N=Cc2cccc([N+](=O)[O-])c2O)c1O. The summed E-state index contributed by atoms with van der Waals surface area (Å²) in [6, 6.07) is 8.02. The van der Waals surface area contributed by atoms with Crippen molar-refractivity contribution < 1.29 is 20.1 Å². The number of para-hydroxylation sites is 2. The molecule has 0 spiro atoms. The number of phenols is 2. The molecule has 1 fully saturated rings. The molecule has 2 aromatic carbocycles. The molecule has 0 amide bonds. The topological polar surface area (TPSA) is 151 Å². The minimum absolute atomic E-state index is 0.213. The van der Waals surface area contributed by atoms with Crippen molar-refractivity contribution in [2.24, 2.45) is 9.98 Å². The van der Waals surface area contributed by atoms with E-state index in [-0.39, 0.29) is 23.2 Å². The van der Waals surface area contributed by atoms with Gasteiger partial charge in [-0.05, 0) is 25.0 Å². The molecule has 1 aliphatic rings. The van der Waals surface area contributed by atoms with E-state index in [0.717, 1.165) is 25.7 Å². The molecular weight excluding hydrogens is 392 g/mol. The van der Waals surface area contributed by atoms with E-state index in [0.29, 0.717) is 0 Å². The van der Waals surface area contributed by atoms with Crippen LogP contribution in [0.15, 0.2) is 46.4 Å². The number of hydrogen-bond acceptors (Lipinski definition) is 8. The van der Waals surface area contributed by atoms with Crippen LogP contribution in [0.3, 0.4) is 0 Å². The molecule has 10 nitrogen and oxygen atoms in total. The zero-order valence-corrected chi connectivity index (χ0v) is 15.9. The van der Waals surface area contributed by atoms with Gasteiger partial charge in [-0.1, -0.05) is 25.0 Å². The van der Waals surface area contributed by atoms with Gasteiger partial charge in [0, 0.05) is 35.7 Å². The second kappa shape index (κ2) is 9.12. The number of nitro groups is 2. The number of phenolic OH excluding ortho intramolecular Hbond substituents is 2. The Balaban J connectivity index is 1.81. The van der Waals surface area contributed by atoms with Gasteiger partial charge < -0.3 is 10.2 Å². The summed E-state index contributed by atoms with van der Waals surface area (Å²) in [5, 5.41) is 42.1. The van der Waals surface area contributed by atoms with Gasteiger partial charge in [0.1, 0.15) is 0 Å². The summed E-state index contributed by atoms with van der Waals surface area (Å²) in [6.07, 6.45) is 6.19. The summed E-state index contributed by atoms with van der Waals surface area (Å²) in [4.78, 5) is 29.6. The van der Waals surface area contributed by atoms with Crippen LogP contribution in [0.1, 0.15) is 36.8 Å². The maximum Gasteiger partial charge on any atom is 0.311 e. The number of benzene rings is 2. The summed E-state index contributed by atoms with van der Waals surface area (Å²) < 4.78 is 0. The molecule has 0 bridgehead atoms. The van der Waals surface area contributed by atoms with Crippen LogP contribution in [0.4, 0.5) is 11.4 Å². The first kappa shape index (κ1) is 20.9. The normalized spacial score (nSPS) is 19.3. The molecule has 0 saturated heterocycles. The number of aliphatic imine (C=N–C) groups is 2. The predicted molar refractivity (Wildman–Crippen MR) is 111 cm³/mol. The molecule has 0 heterocycles. The van der Waals surface area contributed by atoms with E-state index in [2.05, 4.69) is 9.98 Å². The van der Waals surface area contributed by atoms with Gasteiger partial charge in [0.25, 0.3) is 0 Å². The zero-order valence-electron chi connectivity index (χ0n) is 15.9. The van der Waals surface area contributed by atoms with Gasteiger partial charge in [-0.25, -0.2) is 0 Å². The molecule has 1 saturated carbocycles. The van der Waals surface area contributed by atoms with Gasteiger partial charge in [-0.2, -0.15) is 0 Å². The lowest BCUT2D eigenvalue weighted by atomic mass is 9.91. The molecule has 3 rings (SSSR count). The van der Waals surface area contributed by atoms with Crippen LogP contribution in [0, 0.1) is 20.2 Å². The van der Waals surface area contributed by atoms with Gasteiger partial charge in [0.05, 0.1) is 21.9 Å². The Morgan fingerprint density at radius 3 is 1.57 bits per heavy atom. The van der Waals surface area contributed by atoms with Crippen LogP contribution in [0.25, 0.3) is 0 Å². The lowest BCUT2D eigenvalue weighted by molar-refractivity contribution is -0.386. The fourth-order valence-corrected chi connectivity index (χ4v) is 3.39. The number of nitrogens with zero attached hydrogens (tertiary/aromatic N) is 4. The van der Waals surface area contributed by atoms with E-state index in [1.165, 1.54) is 48.8 Å². The fourth-order valence-electron chi connectivity index (χ4n) is 3.39. The summed E-state index contributed by atoms with van der Waals surface area (Å²) in [6.45, 7) is 0. The minimum Gasteiger partial charge on any atom is -0.502 e. The molecule has 2 aromatic rings. The molecule has 0 aromatic heterocycles. The Bertz CT molecular complexity index is 939. The first-order valence-corrected chi connectivity index (χ1v) is 9.37. The maximum absolute atomic E-state index is 11.0. The van der Waals surface area contributed by atoms with Crippen LogP contribution in [0.2, 0.25) is 0 Å². The number of nitro benzene ring substituents is 2. The van der Waals surface area contributed by atoms with Gasteiger partial charge in [0.15, 0.2) is 0 Å². The Kier molecular flexibility index (Phi) is 6.35. The van der Waals surface area contributed by atoms with Crippen molar-refractivity contribution in [2.45, 2.75) is 37.8 Å². The fraction of sp³-hybridized carbons (Fsp3) is 0.300. The maximum atomic E-state index is 11.0. The van der Waals surface area contributed by atoms with Crippen molar-refractivity contribution in [3.63, 3.8) is 0 Å². The van der Waals surface area contributed by atoms with Crippen LogP contribution >= 0.6 is 0 Å². The van der Waals surface area contributed by atoms with E-state index >= 15 is 0 Å². The monoisotopic (exact) mass is 412 g/mol. The molecule has 30 heavy (non-hydrogen) atoms. The van der Waals surface area contributed by atoms with Crippen LogP contribution < -0.4 is 0 Å². The standard InChI is InChI=1S/C20H20N4O6/c25-19-13(5-3-9-17(19)23(27)28)11-21-15-7-1-2-8-16(15)22-12-14-6-4-10-18(20(14)26)24(29)30/h3-6,9-12,15-16,25-26H,1-2,7-8H2/t15-,16-/m0/s1. The second-order valence-electron chi connectivity index (χ2n) is 6.92. The molecule has 0 aliphatic heterocycles. The van der Waals surface area contributed by atoms with Crippen molar-refractivity contribution in [2.75, 3.05) is 0 Å². The molecule has 1 aliphatic carbocycles. The molecule has 2 atom stereocenters.